The Morgan fingerprint density at radius 2 is 2.13 bits per heavy atom. The van der Waals surface area contributed by atoms with E-state index in [-0.39, 0.29) is 5.91 Å². The van der Waals surface area contributed by atoms with Crippen molar-refractivity contribution in [2.24, 2.45) is 0 Å². The Hall–Kier alpha value is -2.93. The lowest BCUT2D eigenvalue weighted by Gasteiger charge is -2.10. The highest BCUT2D eigenvalue weighted by Crippen LogP contribution is 2.24. The number of anilines is 1. The van der Waals surface area contributed by atoms with E-state index in [1.165, 1.54) is 7.11 Å². The molecular formula is C15H12ClN5O2. The molecular weight excluding hydrogens is 318 g/mol. The van der Waals surface area contributed by atoms with E-state index in [2.05, 4.69) is 25.9 Å². The Morgan fingerprint density at radius 1 is 1.26 bits per heavy atom. The van der Waals surface area contributed by atoms with Crippen LogP contribution < -0.4 is 10.1 Å². The molecule has 0 spiro atoms. The topological polar surface area (TPSA) is 92.8 Å². The van der Waals surface area contributed by atoms with Crippen LogP contribution in [-0.4, -0.2) is 33.6 Å². The molecule has 1 heterocycles. The van der Waals surface area contributed by atoms with Crippen LogP contribution in [-0.2, 0) is 0 Å². The number of rotatable bonds is 4. The number of nitrogens with zero attached hydrogens (tertiary/aromatic N) is 3. The van der Waals surface area contributed by atoms with Gasteiger partial charge in [0.15, 0.2) is 0 Å². The first kappa shape index (κ1) is 15.0. The molecule has 1 amide bonds. The van der Waals surface area contributed by atoms with E-state index in [4.69, 9.17) is 16.3 Å². The third-order valence-corrected chi connectivity index (χ3v) is 3.37. The van der Waals surface area contributed by atoms with E-state index in [0.717, 1.165) is 5.56 Å². The number of carbonyl (C=O) groups excluding carboxylic acids is 1. The Balaban J connectivity index is 1.86. The minimum absolute atomic E-state index is 0.324. The van der Waals surface area contributed by atoms with Gasteiger partial charge in [0.05, 0.1) is 12.7 Å². The second-order valence-electron chi connectivity index (χ2n) is 4.61. The Morgan fingerprint density at radius 3 is 2.87 bits per heavy atom. The lowest BCUT2D eigenvalue weighted by molar-refractivity contribution is 0.102. The van der Waals surface area contributed by atoms with Gasteiger partial charge in [-0.15, -0.1) is 10.2 Å². The molecule has 116 valence electrons. The molecule has 0 aliphatic heterocycles. The van der Waals surface area contributed by atoms with Crippen molar-refractivity contribution < 1.29 is 9.53 Å². The molecule has 0 unspecified atom stereocenters. The number of aromatic amines is 1. The maximum Gasteiger partial charge on any atom is 0.259 e. The van der Waals surface area contributed by atoms with Gasteiger partial charge in [-0.3, -0.25) is 4.79 Å². The molecule has 2 aromatic carbocycles. The van der Waals surface area contributed by atoms with Crippen LogP contribution in [0.3, 0.4) is 0 Å². The largest absolute Gasteiger partial charge is 0.496 e. The number of nitrogens with one attached hydrogen (secondary N) is 2. The molecule has 1 aromatic heterocycles. The summed E-state index contributed by atoms with van der Waals surface area (Å²) >= 11 is 5.95. The van der Waals surface area contributed by atoms with Gasteiger partial charge >= 0.3 is 0 Å². The van der Waals surface area contributed by atoms with Crippen LogP contribution in [0.2, 0.25) is 5.02 Å². The molecule has 8 heteroatoms. The van der Waals surface area contributed by atoms with Crippen LogP contribution in [0.5, 0.6) is 5.75 Å². The number of aromatic nitrogens is 4. The molecule has 0 aliphatic carbocycles. The summed E-state index contributed by atoms with van der Waals surface area (Å²) in [4.78, 5) is 12.4. The Kier molecular flexibility index (Phi) is 4.20. The summed E-state index contributed by atoms with van der Waals surface area (Å²) in [6.45, 7) is 0. The van der Waals surface area contributed by atoms with E-state index < -0.39 is 0 Å². The number of H-pyrrole nitrogens is 1. The van der Waals surface area contributed by atoms with Crippen molar-refractivity contribution in [3.05, 3.63) is 53.1 Å². The van der Waals surface area contributed by atoms with Gasteiger partial charge in [-0.05, 0) is 35.5 Å². The highest BCUT2D eigenvalue weighted by molar-refractivity contribution is 6.31. The van der Waals surface area contributed by atoms with Gasteiger partial charge in [0.1, 0.15) is 5.75 Å². The lowest BCUT2D eigenvalue weighted by atomic mass is 10.1. The van der Waals surface area contributed by atoms with Crippen LogP contribution >= 0.6 is 11.6 Å². The third-order valence-electron chi connectivity index (χ3n) is 3.13. The predicted octanol–water partition coefficient (Wildman–Crippen LogP) is 2.78. The standard InChI is InChI=1S/C15H12ClN5O2/c1-23-13-6-5-10(16)8-12(13)15(22)17-11-4-2-3-9(7-11)14-18-20-21-19-14/h2-8H,1H3,(H,17,22)(H,18,19,20,21). The van der Waals surface area contributed by atoms with E-state index in [9.17, 15) is 4.79 Å². The minimum Gasteiger partial charge on any atom is -0.496 e. The first-order valence-electron chi connectivity index (χ1n) is 6.66. The maximum absolute atomic E-state index is 12.4. The minimum atomic E-state index is -0.324. The molecule has 3 aromatic rings. The number of amides is 1. The SMILES string of the molecule is COc1ccc(Cl)cc1C(=O)Nc1cccc(-c2nn[nH]n2)c1. The van der Waals surface area contributed by atoms with E-state index in [1.54, 1.807) is 36.4 Å². The summed E-state index contributed by atoms with van der Waals surface area (Å²) in [5.41, 5.74) is 1.68. The molecule has 0 radical (unpaired) electrons. The van der Waals surface area contributed by atoms with Crippen molar-refractivity contribution >= 4 is 23.2 Å². The molecule has 0 saturated heterocycles. The van der Waals surface area contributed by atoms with Gasteiger partial charge in [0.2, 0.25) is 5.82 Å². The van der Waals surface area contributed by atoms with Crippen molar-refractivity contribution in [2.75, 3.05) is 12.4 Å². The number of carbonyl (C=O) groups is 1. The van der Waals surface area contributed by atoms with Gasteiger partial charge in [-0.25, -0.2) is 0 Å². The number of ether oxygens (including phenoxy) is 1. The maximum atomic E-state index is 12.4. The van der Waals surface area contributed by atoms with Crippen LogP contribution in [0.1, 0.15) is 10.4 Å². The Bertz CT molecular complexity index is 836. The van der Waals surface area contributed by atoms with Crippen LogP contribution in [0, 0.1) is 0 Å². The molecule has 2 N–H and O–H groups in total. The molecule has 3 rings (SSSR count). The van der Waals surface area contributed by atoms with E-state index in [0.29, 0.717) is 27.8 Å². The first-order valence-corrected chi connectivity index (χ1v) is 7.04. The van der Waals surface area contributed by atoms with Crippen molar-refractivity contribution in [1.82, 2.24) is 20.6 Å². The van der Waals surface area contributed by atoms with Gasteiger partial charge < -0.3 is 10.1 Å². The van der Waals surface area contributed by atoms with Gasteiger partial charge in [-0.2, -0.15) is 5.21 Å². The molecule has 0 fully saturated rings. The fraction of sp³-hybridized carbons (Fsp3) is 0.0667. The third kappa shape index (κ3) is 3.29. The average molecular weight is 330 g/mol. The predicted molar refractivity (Wildman–Crippen MR) is 85.6 cm³/mol. The van der Waals surface area contributed by atoms with E-state index in [1.807, 2.05) is 6.07 Å². The number of halogens is 1. The number of methoxy groups -OCH3 is 1. The monoisotopic (exact) mass is 329 g/mol. The van der Waals surface area contributed by atoms with Crippen molar-refractivity contribution in [2.45, 2.75) is 0 Å². The lowest BCUT2D eigenvalue weighted by Crippen LogP contribution is -2.13. The molecule has 0 bridgehead atoms. The zero-order valence-electron chi connectivity index (χ0n) is 12.1. The fourth-order valence-corrected chi connectivity index (χ4v) is 2.25. The van der Waals surface area contributed by atoms with Crippen LogP contribution in [0.15, 0.2) is 42.5 Å². The summed E-state index contributed by atoms with van der Waals surface area (Å²) in [5, 5.41) is 17.0. The zero-order chi connectivity index (χ0) is 16.2. The fourth-order valence-electron chi connectivity index (χ4n) is 2.08. The summed E-state index contributed by atoms with van der Waals surface area (Å²) < 4.78 is 5.19. The van der Waals surface area contributed by atoms with Crippen LogP contribution in [0.4, 0.5) is 5.69 Å². The summed E-state index contributed by atoms with van der Waals surface area (Å²) in [6.07, 6.45) is 0. The van der Waals surface area contributed by atoms with Gasteiger partial charge in [0, 0.05) is 16.3 Å². The second kappa shape index (κ2) is 6.45. The van der Waals surface area contributed by atoms with Gasteiger partial charge in [0.25, 0.3) is 5.91 Å². The Labute approximate surface area is 136 Å². The molecule has 23 heavy (non-hydrogen) atoms. The highest BCUT2D eigenvalue weighted by Gasteiger charge is 2.14. The molecule has 0 atom stereocenters. The van der Waals surface area contributed by atoms with Crippen molar-refractivity contribution in [1.29, 1.82) is 0 Å². The average Bonchev–Trinajstić information content (AvgIpc) is 3.09. The van der Waals surface area contributed by atoms with Gasteiger partial charge in [-0.1, -0.05) is 23.7 Å². The van der Waals surface area contributed by atoms with E-state index >= 15 is 0 Å². The molecule has 0 saturated carbocycles. The first-order chi connectivity index (χ1) is 11.2. The molecule has 7 nitrogen and oxygen atoms in total. The number of hydrogen-bond donors (Lipinski definition) is 2. The van der Waals surface area contributed by atoms with Crippen molar-refractivity contribution in [3.8, 4) is 17.1 Å². The smallest absolute Gasteiger partial charge is 0.259 e. The summed E-state index contributed by atoms with van der Waals surface area (Å²) in [6, 6.07) is 12.0. The highest BCUT2D eigenvalue weighted by atomic mass is 35.5. The van der Waals surface area contributed by atoms with Crippen molar-refractivity contribution in [3.63, 3.8) is 0 Å². The number of hydrogen-bond acceptors (Lipinski definition) is 5. The summed E-state index contributed by atoms with van der Waals surface area (Å²) in [5.74, 6) is 0.567. The quantitative estimate of drug-likeness (QED) is 0.767. The second-order valence-corrected chi connectivity index (χ2v) is 5.05. The normalized spacial score (nSPS) is 10.3. The molecule has 0 aliphatic rings. The summed E-state index contributed by atoms with van der Waals surface area (Å²) in [7, 11) is 1.50. The number of tetrazole rings is 1. The van der Waals surface area contributed by atoms with Crippen LogP contribution in [0.25, 0.3) is 11.4 Å². The number of benzene rings is 2. The zero-order valence-corrected chi connectivity index (χ0v) is 12.8.